The lowest BCUT2D eigenvalue weighted by Gasteiger charge is -2.08. The third kappa shape index (κ3) is 4.53. The van der Waals surface area contributed by atoms with E-state index in [1.807, 2.05) is 0 Å². The van der Waals surface area contributed by atoms with Crippen LogP contribution in [0.5, 0.6) is 0 Å². The molecule has 0 aromatic carbocycles. The van der Waals surface area contributed by atoms with Gasteiger partial charge in [0.05, 0.1) is 6.07 Å². The van der Waals surface area contributed by atoms with Crippen molar-refractivity contribution in [1.82, 2.24) is 4.98 Å². The molecular formula is C9H10Cl3NO2S. The number of nitrogens with zero attached hydrogens (tertiary/aromatic N) is 1. The van der Waals surface area contributed by atoms with Gasteiger partial charge < -0.3 is 4.42 Å². The Morgan fingerprint density at radius 2 is 2.19 bits per heavy atom. The van der Waals surface area contributed by atoms with E-state index in [1.54, 1.807) is 0 Å². The molecule has 16 heavy (non-hydrogen) atoms. The smallest absolute Gasteiger partial charge is 0.277 e. The van der Waals surface area contributed by atoms with Gasteiger partial charge >= 0.3 is 0 Å². The molecule has 1 heterocycles. The standard InChI is InChI=1S/C9H10Cl3NO2S/c1-2-3-4-16-7-5-6(14)13-8(15-7)9(10,11)12/h5H,2-4H2,1H3. The van der Waals surface area contributed by atoms with Crippen molar-refractivity contribution in [2.24, 2.45) is 0 Å². The number of thioether (sulfide) groups is 1. The topological polar surface area (TPSA) is 43.1 Å². The summed E-state index contributed by atoms with van der Waals surface area (Å²) in [5.74, 6) is 0.659. The van der Waals surface area contributed by atoms with Crippen molar-refractivity contribution in [3.63, 3.8) is 0 Å². The Bertz CT molecular complexity index is 402. The number of rotatable bonds is 4. The van der Waals surface area contributed by atoms with Gasteiger partial charge in [-0.05, 0) is 6.42 Å². The Labute approximate surface area is 112 Å². The average molecular weight is 303 g/mol. The summed E-state index contributed by atoms with van der Waals surface area (Å²) in [7, 11) is 0. The first-order valence-corrected chi connectivity index (χ1v) is 6.77. The van der Waals surface area contributed by atoms with Gasteiger partial charge in [0, 0.05) is 5.75 Å². The Morgan fingerprint density at radius 1 is 1.50 bits per heavy atom. The fourth-order valence-corrected chi connectivity index (χ4v) is 2.09. The molecule has 0 aliphatic rings. The SMILES string of the molecule is CCCCSc1cc(=O)nc(C(Cl)(Cl)Cl)o1. The number of alkyl halides is 3. The van der Waals surface area contributed by atoms with Crippen LogP contribution >= 0.6 is 46.6 Å². The van der Waals surface area contributed by atoms with E-state index in [4.69, 9.17) is 39.2 Å². The molecule has 0 fully saturated rings. The van der Waals surface area contributed by atoms with Crippen molar-refractivity contribution in [2.45, 2.75) is 28.7 Å². The highest BCUT2D eigenvalue weighted by atomic mass is 35.6. The first-order valence-electron chi connectivity index (χ1n) is 4.65. The van der Waals surface area contributed by atoms with Gasteiger partial charge in [0.15, 0.2) is 5.09 Å². The second kappa shape index (κ2) is 6.15. The molecule has 0 aliphatic carbocycles. The van der Waals surface area contributed by atoms with Crippen molar-refractivity contribution in [3.8, 4) is 0 Å². The first-order chi connectivity index (χ1) is 7.43. The van der Waals surface area contributed by atoms with E-state index in [0.29, 0.717) is 5.09 Å². The van der Waals surface area contributed by atoms with Gasteiger partial charge in [-0.15, -0.1) is 0 Å². The Kier molecular flexibility index (Phi) is 5.44. The third-order valence-electron chi connectivity index (χ3n) is 1.64. The van der Waals surface area contributed by atoms with E-state index in [2.05, 4.69) is 11.9 Å². The van der Waals surface area contributed by atoms with Gasteiger partial charge in [-0.25, -0.2) is 0 Å². The van der Waals surface area contributed by atoms with E-state index in [-0.39, 0.29) is 5.89 Å². The molecule has 1 aromatic rings. The first kappa shape index (κ1) is 14.2. The number of hydrogen-bond donors (Lipinski definition) is 0. The Hall–Kier alpha value is 0.1000. The molecular weight excluding hydrogens is 293 g/mol. The molecule has 0 amide bonds. The number of halogens is 3. The van der Waals surface area contributed by atoms with Crippen LogP contribution < -0.4 is 5.56 Å². The van der Waals surface area contributed by atoms with Gasteiger partial charge in [0.2, 0.25) is 0 Å². The lowest BCUT2D eigenvalue weighted by atomic mass is 10.4. The van der Waals surface area contributed by atoms with E-state index >= 15 is 0 Å². The van der Waals surface area contributed by atoms with Crippen molar-refractivity contribution in [3.05, 3.63) is 22.3 Å². The quantitative estimate of drug-likeness (QED) is 0.482. The molecule has 3 nitrogen and oxygen atoms in total. The van der Waals surface area contributed by atoms with Gasteiger partial charge in [-0.2, -0.15) is 4.98 Å². The molecule has 0 atom stereocenters. The normalized spacial score (nSPS) is 11.8. The maximum atomic E-state index is 11.2. The fraction of sp³-hybridized carbons (Fsp3) is 0.556. The van der Waals surface area contributed by atoms with Crippen LogP contribution in [0.1, 0.15) is 25.7 Å². The van der Waals surface area contributed by atoms with Crippen molar-refractivity contribution >= 4 is 46.6 Å². The van der Waals surface area contributed by atoms with Crippen LogP contribution in [0.4, 0.5) is 0 Å². The van der Waals surface area contributed by atoms with Crippen LogP contribution in [-0.4, -0.2) is 10.7 Å². The second-order valence-electron chi connectivity index (χ2n) is 3.02. The summed E-state index contributed by atoms with van der Waals surface area (Å²) in [4.78, 5) is 14.7. The number of unbranched alkanes of at least 4 members (excludes halogenated alkanes) is 1. The molecule has 0 spiro atoms. The van der Waals surface area contributed by atoms with Gasteiger partial charge in [-0.1, -0.05) is 59.9 Å². The molecule has 0 bridgehead atoms. The van der Waals surface area contributed by atoms with Crippen LogP contribution in [0, 0.1) is 0 Å². The predicted molar refractivity (Wildman–Crippen MR) is 67.6 cm³/mol. The zero-order valence-corrected chi connectivity index (χ0v) is 11.6. The Morgan fingerprint density at radius 3 is 2.75 bits per heavy atom. The molecule has 0 unspecified atom stereocenters. The fourth-order valence-electron chi connectivity index (χ4n) is 0.890. The minimum Gasteiger partial charge on any atom is -0.431 e. The molecule has 0 saturated carbocycles. The summed E-state index contributed by atoms with van der Waals surface area (Å²) in [6.07, 6.45) is 2.10. The van der Waals surface area contributed by atoms with Crippen molar-refractivity contribution < 1.29 is 4.42 Å². The van der Waals surface area contributed by atoms with E-state index in [1.165, 1.54) is 17.8 Å². The van der Waals surface area contributed by atoms with Gasteiger partial charge in [0.25, 0.3) is 15.2 Å². The molecule has 7 heteroatoms. The van der Waals surface area contributed by atoms with Gasteiger partial charge in [-0.3, -0.25) is 4.79 Å². The van der Waals surface area contributed by atoms with E-state index in [9.17, 15) is 4.79 Å². The highest BCUT2D eigenvalue weighted by molar-refractivity contribution is 7.99. The predicted octanol–water partition coefficient (Wildman–Crippen LogP) is 3.75. The summed E-state index contributed by atoms with van der Waals surface area (Å²) in [6, 6.07) is 1.29. The summed E-state index contributed by atoms with van der Waals surface area (Å²) in [6.45, 7) is 2.08. The van der Waals surface area contributed by atoms with E-state index in [0.717, 1.165) is 18.6 Å². The molecule has 0 saturated heterocycles. The second-order valence-corrected chi connectivity index (χ2v) is 6.40. The maximum absolute atomic E-state index is 11.2. The summed E-state index contributed by atoms with van der Waals surface area (Å²) in [5, 5.41) is 0.426. The van der Waals surface area contributed by atoms with Crippen LogP contribution in [0.25, 0.3) is 0 Å². The molecule has 1 rings (SSSR count). The van der Waals surface area contributed by atoms with E-state index < -0.39 is 9.35 Å². The summed E-state index contributed by atoms with van der Waals surface area (Å²) < 4.78 is 3.42. The average Bonchev–Trinajstić information content (AvgIpc) is 2.16. The number of aromatic nitrogens is 1. The molecule has 0 aliphatic heterocycles. The highest BCUT2D eigenvalue weighted by Crippen LogP contribution is 2.37. The van der Waals surface area contributed by atoms with Crippen molar-refractivity contribution in [2.75, 3.05) is 5.75 Å². The lowest BCUT2D eigenvalue weighted by Crippen LogP contribution is -2.13. The van der Waals surface area contributed by atoms with Crippen molar-refractivity contribution in [1.29, 1.82) is 0 Å². The van der Waals surface area contributed by atoms with Gasteiger partial charge in [0.1, 0.15) is 0 Å². The molecule has 0 N–H and O–H groups in total. The monoisotopic (exact) mass is 301 g/mol. The van der Waals surface area contributed by atoms with Crippen LogP contribution in [0.2, 0.25) is 0 Å². The van der Waals surface area contributed by atoms with Crippen LogP contribution in [-0.2, 0) is 3.79 Å². The maximum Gasteiger partial charge on any atom is 0.277 e. The third-order valence-corrected chi connectivity index (χ3v) is 3.10. The summed E-state index contributed by atoms with van der Waals surface area (Å²) >= 11 is 18.2. The zero-order chi connectivity index (χ0) is 12.2. The molecule has 90 valence electrons. The van der Waals surface area contributed by atoms with Crippen LogP contribution in [0.3, 0.4) is 0 Å². The lowest BCUT2D eigenvalue weighted by molar-refractivity contribution is 0.390. The summed E-state index contributed by atoms with van der Waals surface area (Å²) in [5.41, 5.74) is -0.466. The Balaban J connectivity index is 2.86. The molecule has 0 radical (unpaired) electrons. The molecule has 1 aromatic heterocycles. The highest BCUT2D eigenvalue weighted by Gasteiger charge is 2.29. The number of hydrogen-bond acceptors (Lipinski definition) is 4. The largest absolute Gasteiger partial charge is 0.431 e. The van der Waals surface area contributed by atoms with Crippen LogP contribution in [0.15, 0.2) is 20.4 Å². The zero-order valence-electron chi connectivity index (χ0n) is 8.50. The minimum absolute atomic E-state index is 0.191. The minimum atomic E-state index is -1.81.